The molecule has 0 aromatic carbocycles. The van der Waals surface area contributed by atoms with Crippen molar-refractivity contribution in [2.75, 3.05) is 0 Å². The van der Waals surface area contributed by atoms with Crippen LogP contribution in [0, 0.1) is 11.8 Å². The summed E-state index contributed by atoms with van der Waals surface area (Å²) in [4.78, 5) is 50.5. The van der Waals surface area contributed by atoms with Gasteiger partial charge in [0.2, 0.25) is 0 Å². The summed E-state index contributed by atoms with van der Waals surface area (Å²) in [5.41, 5.74) is 5.79. The summed E-state index contributed by atoms with van der Waals surface area (Å²) in [6.07, 6.45) is 7.07. The number of aliphatic imine (C=N–C) groups is 3. The predicted molar refractivity (Wildman–Crippen MR) is 162 cm³/mol. The largest absolute Gasteiger partial charge is 3.00 e. The van der Waals surface area contributed by atoms with E-state index in [1.54, 1.807) is 31.2 Å². The van der Waals surface area contributed by atoms with E-state index in [-0.39, 0.29) is 64.0 Å². The molecule has 0 saturated carbocycles. The van der Waals surface area contributed by atoms with Crippen molar-refractivity contribution in [1.29, 1.82) is 0 Å². The number of allylic oxidation sites excluding steroid dienone is 10. The van der Waals surface area contributed by atoms with Crippen LogP contribution in [0.4, 0.5) is 0 Å². The van der Waals surface area contributed by atoms with Crippen LogP contribution in [0.2, 0.25) is 0 Å². The molecule has 2 N–H and O–H groups in total. The minimum atomic E-state index is -1.46. The smallest absolute Gasteiger partial charge is 0.877 e. The zero-order valence-corrected chi connectivity index (χ0v) is 26.8. The normalized spacial score (nSPS) is 23.0. The number of hydrogen-bond donors (Lipinski definition) is 2. The molecule has 0 aliphatic carbocycles. The van der Waals surface area contributed by atoms with Crippen LogP contribution in [-0.4, -0.2) is 40.1 Å². The van der Waals surface area contributed by atoms with Crippen molar-refractivity contribution >= 4 is 35.0 Å². The van der Waals surface area contributed by atoms with Gasteiger partial charge in [0.1, 0.15) is 0 Å². The van der Waals surface area contributed by atoms with E-state index in [0.29, 0.717) is 51.8 Å². The van der Waals surface area contributed by atoms with Crippen molar-refractivity contribution in [3.05, 3.63) is 105 Å². The molecule has 1 fully saturated rings. The molecule has 0 unspecified atom stereocenters. The van der Waals surface area contributed by atoms with Gasteiger partial charge in [-0.3, -0.25) is 0 Å². The molecule has 0 spiro atoms. The molecule has 5 aliphatic heterocycles. The number of nitrogens with one attached hydrogen (secondary N) is 1. The van der Waals surface area contributed by atoms with Gasteiger partial charge in [0.05, 0.1) is 39.8 Å². The van der Waals surface area contributed by atoms with E-state index in [1.807, 2.05) is 20.8 Å². The number of hydrogen-bond acceptors (Lipinski definition) is 10. The number of carbonyl (C=O) groups is 3. The standard InChI is InChI=1S/C34H34N4O7.Fe/c1-6-18-15(3)23-11-24-16(4)20(8-9-29(40)41)32(37-24)21(10-30(42)43)33-31(34(44)45)17(5)25(38-33)12-27-19(7-2)22(14-39)28(36-27)13-26(18)35-23;/h6,11-14,16,20,37,39H,1,7-10H2,2-5H3,(H,40,41)(H,42,43)(H,44,45);/q;+3/p-3/b22-14-,24-11?,25-12?,26-13?,32-21?;/t16-,20-;/m0./s1. The predicted octanol–water partition coefficient (Wildman–Crippen LogP) is 1.60. The number of carboxylic acids is 3. The number of rotatable bonds is 8. The van der Waals surface area contributed by atoms with Crippen LogP contribution in [0.3, 0.4) is 0 Å². The number of aliphatic carboxylic acids is 3. The third kappa shape index (κ3) is 5.93. The second-order valence-corrected chi connectivity index (χ2v) is 11.3. The molecule has 0 aromatic heterocycles. The second kappa shape index (κ2) is 13.3. The van der Waals surface area contributed by atoms with Crippen molar-refractivity contribution in [2.45, 2.75) is 53.4 Å². The van der Waals surface area contributed by atoms with Gasteiger partial charge >= 0.3 is 23.0 Å². The molecule has 5 heterocycles. The van der Waals surface area contributed by atoms with Crippen LogP contribution < -0.4 is 20.6 Å². The first-order valence-corrected chi connectivity index (χ1v) is 14.6. The van der Waals surface area contributed by atoms with Crippen molar-refractivity contribution in [3.8, 4) is 0 Å². The van der Waals surface area contributed by atoms with Gasteiger partial charge in [0.25, 0.3) is 0 Å². The molecule has 0 amide bonds. The zero-order chi connectivity index (χ0) is 32.7. The van der Waals surface area contributed by atoms with Gasteiger partial charge in [-0.2, -0.15) is 0 Å². The zero-order valence-electron chi connectivity index (χ0n) is 25.7. The first kappa shape index (κ1) is 34.1. The monoisotopic (exact) mass is 663 g/mol. The van der Waals surface area contributed by atoms with E-state index >= 15 is 0 Å². The Hall–Kier alpha value is -4.80. The van der Waals surface area contributed by atoms with Gasteiger partial charge in [-0.25, -0.2) is 19.8 Å². The van der Waals surface area contributed by atoms with Crippen LogP contribution >= 0.6 is 0 Å². The fourth-order valence-electron chi connectivity index (χ4n) is 6.40. The Morgan fingerprint density at radius 2 is 1.72 bits per heavy atom. The molecule has 8 bridgehead atoms. The Morgan fingerprint density at radius 3 is 2.30 bits per heavy atom. The van der Waals surface area contributed by atoms with Crippen LogP contribution in [0.5, 0.6) is 0 Å². The Labute approximate surface area is 276 Å². The van der Waals surface area contributed by atoms with Gasteiger partial charge in [0.15, 0.2) is 0 Å². The average Bonchev–Trinajstić information content (AvgIpc) is 3.67. The summed E-state index contributed by atoms with van der Waals surface area (Å²) in [7, 11) is 0. The third-order valence-electron chi connectivity index (χ3n) is 8.75. The average molecular weight is 663 g/mol. The quantitative estimate of drug-likeness (QED) is 0.289. The Bertz CT molecular complexity index is 1830. The van der Waals surface area contributed by atoms with Crippen LogP contribution in [-0.2, 0) is 31.5 Å². The van der Waals surface area contributed by atoms with Gasteiger partial charge in [-0.05, 0) is 73.6 Å². The van der Waals surface area contributed by atoms with Crippen molar-refractivity contribution < 1.29 is 51.9 Å². The summed E-state index contributed by atoms with van der Waals surface area (Å²) < 4.78 is 0. The van der Waals surface area contributed by atoms with E-state index in [9.17, 15) is 34.8 Å². The minimum Gasteiger partial charge on any atom is -0.877 e. The number of fused-ring (bicyclic) bond motifs is 5. The van der Waals surface area contributed by atoms with E-state index < -0.39 is 30.2 Å². The third-order valence-corrected chi connectivity index (χ3v) is 8.75. The summed E-state index contributed by atoms with van der Waals surface area (Å²) in [5, 5.41) is 49.6. The number of carboxylic acid groups (broad SMARTS) is 3. The van der Waals surface area contributed by atoms with Crippen LogP contribution in [0.25, 0.3) is 0 Å². The summed E-state index contributed by atoms with van der Waals surface area (Å²) in [5.74, 6) is -4.92. The Morgan fingerprint density at radius 1 is 1.00 bits per heavy atom. The molecular formula is C34H31FeN4O7. The summed E-state index contributed by atoms with van der Waals surface area (Å²) in [6.45, 7) is 11.1. The topological polar surface area (TPSA) is 190 Å². The molecule has 12 heteroatoms. The Kier molecular flexibility index (Phi) is 9.84. The molecule has 0 aromatic rings. The number of carbonyl (C=O) groups excluding carboxylic acids is 2. The SMILES string of the molecule is C=CC1=C(C)C2=NC1=CC1=NC(=C(CC)/C1=C/[O-])C=C1N=C(C(CC(=O)[O-])=C3NC(=C2)[C@@H](C)[C@@H]3CCC(=O)[O-])C(C(=O)O)=C1C.[Fe+3]. The molecule has 11 nitrogen and oxygen atoms in total. The maximum absolute atomic E-state index is 12.6. The fourth-order valence-corrected chi connectivity index (χ4v) is 6.40. The van der Waals surface area contributed by atoms with Crippen LogP contribution in [0.1, 0.15) is 53.4 Å². The van der Waals surface area contributed by atoms with E-state index in [4.69, 9.17) is 9.98 Å². The van der Waals surface area contributed by atoms with Gasteiger partial charge < -0.3 is 35.3 Å². The van der Waals surface area contributed by atoms with Gasteiger partial charge in [0, 0.05) is 52.7 Å². The molecule has 46 heavy (non-hydrogen) atoms. The van der Waals surface area contributed by atoms with Gasteiger partial charge in [-0.1, -0.05) is 26.5 Å². The molecule has 1 saturated heterocycles. The van der Waals surface area contributed by atoms with E-state index in [0.717, 1.165) is 17.4 Å². The summed E-state index contributed by atoms with van der Waals surface area (Å²) in [6, 6.07) is 0. The first-order chi connectivity index (χ1) is 21.4. The minimum absolute atomic E-state index is 0. The van der Waals surface area contributed by atoms with Crippen molar-refractivity contribution in [2.24, 2.45) is 26.8 Å². The molecule has 5 aliphatic rings. The van der Waals surface area contributed by atoms with E-state index in [1.165, 1.54) is 0 Å². The fraction of sp³-hybridized carbons (Fsp3) is 0.294. The van der Waals surface area contributed by atoms with Crippen molar-refractivity contribution in [3.63, 3.8) is 0 Å². The first-order valence-electron chi connectivity index (χ1n) is 14.6. The van der Waals surface area contributed by atoms with Gasteiger partial charge in [-0.15, -0.1) is 6.26 Å². The number of nitrogens with zero attached hydrogens (tertiary/aromatic N) is 3. The van der Waals surface area contributed by atoms with Crippen LogP contribution in [0.15, 0.2) is 120 Å². The molecule has 1 radical (unpaired) electrons. The molecule has 5 rings (SSSR count). The maximum Gasteiger partial charge on any atom is 3.00 e. The maximum atomic E-state index is 12.6. The molecular weight excluding hydrogens is 632 g/mol. The Balaban J connectivity index is 0.00000480. The molecule has 2 atom stereocenters. The van der Waals surface area contributed by atoms with E-state index in [2.05, 4.69) is 16.9 Å². The summed E-state index contributed by atoms with van der Waals surface area (Å²) >= 11 is 0. The molecule has 237 valence electrons. The second-order valence-electron chi connectivity index (χ2n) is 11.3. The van der Waals surface area contributed by atoms with Crippen molar-refractivity contribution in [1.82, 2.24) is 5.32 Å².